The summed E-state index contributed by atoms with van der Waals surface area (Å²) in [6.07, 6.45) is 2.26. The summed E-state index contributed by atoms with van der Waals surface area (Å²) >= 11 is 0. The first-order valence-electron chi connectivity index (χ1n) is 11.3. The second-order valence-electron chi connectivity index (χ2n) is 8.43. The van der Waals surface area contributed by atoms with E-state index in [2.05, 4.69) is 10.3 Å². The van der Waals surface area contributed by atoms with Gasteiger partial charge in [0.1, 0.15) is 12.7 Å². The number of hydrogen-bond donors (Lipinski definition) is 2. The van der Waals surface area contributed by atoms with E-state index in [0.717, 1.165) is 19.3 Å². The Morgan fingerprint density at radius 3 is 2.62 bits per heavy atom. The van der Waals surface area contributed by atoms with E-state index in [-0.39, 0.29) is 23.6 Å². The van der Waals surface area contributed by atoms with E-state index in [9.17, 15) is 18.0 Å². The van der Waals surface area contributed by atoms with Crippen LogP contribution < -0.4 is 20.3 Å². The van der Waals surface area contributed by atoms with Crippen LogP contribution in [-0.2, 0) is 10.0 Å². The summed E-state index contributed by atoms with van der Waals surface area (Å²) in [7, 11) is -3.69. The van der Waals surface area contributed by atoms with Crippen LogP contribution in [0.25, 0.3) is 10.9 Å². The number of amides is 1. The minimum absolute atomic E-state index is 0.101. The second-order valence-corrected chi connectivity index (χ2v) is 10.4. The van der Waals surface area contributed by atoms with E-state index >= 15 is 0 Å². The molecular weight excluding hydrogens is 458 g/mol. The Morgan fingerprint density at radius 1 is 1.06 bits per heavy atom. The highest BCUT2D eigenvalue weighted by atomic mass is 32.2. The number of carbonyl (C=O) groups excluding carboxylic acids is 1. The van der Waals surface area contributed by atoms with Gasteiger partial charge in [0.2, 0.25) is 15.6 Å². The number of hydrogen-bond acceptors (Lipinski definition) is 6. The van der Waals surface area contributed by atoms with Gasteiger partial charge in [0, 0.05) is 30.1 Å². The quantitative estimate of drug-likeness (QED) is 0.575. The van der Waals surface area contributed by atoms with Gasteiger partial charge in [0.15, 0.2) is 11.5 Å². The minimum atomic E-state index is -3.69. The number of ether oxygens (including phenoxy) is 2. The number of aromatic amines is 1. The Kier molecular flexibility index (Phi) is 6.01. The van der Waals surface area contributed by atoms with Crippen molar-refractivity contribution in [1.82, 2.24) is 14.6 Å². The summed E-state index contributed by atoms with van der Waals surface area (Å²) in [6, 6.07) is 12.9. The smallest absolute Gasteiger partial charge is 0.252 e. The lowest BCUT2D eigenvalue weighted by Crippen LogP contribution is -2.41. The third-order valence-corrected chi connectivity index (χ3v) is 7.96. The normalized spacial score (nSPS) is 18.5. The van der Waals surface area contributed by atoms with Crippen molar-refractivity contribution in [3.05, 3.63) is 64.4 Å². The van der Waals surface area contributed by atoms with Gasteiger partial charge < -0.3 is 19.8 Å². The molecule has 1 fully saturated rings. The summed E-state index contributed by atoms with van der Waals surface area (Å²) in [5.41, 5.74) is 0.0449. The number of fused-ring (bicyclic) bond motifs is 2. The van der Waals surface area contributed by atoms with Crippen LogP contribution >= 0.6 is 0 Å². The maximum absolute atomic E-state index is 13.1. The first-order chi connectivity index (χ1) is 16.4. The number of aromatic nitrogens is 1. The van der Waals surface area contributed by atoms with Gasteiger partial charge in [-0.05, 0) is 43.2 Å². The zero-order chi connectivity index (χ0) is 23.7. The number of para-hydroxylation sites is 2. The lowest BCUT2D eigenvalue weighted by Gasteiger charge is -2.26. The van der Waals surface area contributed by atoms with Crippen LogP contribution in [-0.4, -0.2) is 56.0 Å². The van der Waals surface area contributed by atoms with Gasteiger partial charge in [-0.1, -0.05) is 18.6 Å². The highest BCUT2D eigenvalue weighted by Gasteiger charge is 2.27. The molecule has 2 aliphatic rings. The number of pyridine rings is 1. The topological polar surface area (TPSA) is 118 Å². The van der Waals surface area contributed by atoms with Crippen molar-refractivity contribution in [3.8, 4) is 11.5 Å². The lowest BCUT2D eigenvalue weighted by atomic mass is 10.1. The van der Waals surface area contributed by atoms with Gasteiger partial charge in [-0.2, -0.15) is 4.31 Å². The molecule has 9 nitrogen and oxygen atoms in total. The zero-order valence-corrected chi connectivity index (χ0v) is 19.3. The second kappa shape index (κ2) is 9.11. The molecular formula is C24H25N3O6S. The van der Waals surface area contributed by atoms with Crippen molar-refractivity contribution in [3.63, 3.8) is 0 Å². The maximum atomic E-state index is 13.1. The molecule has 5 rings (SSSR count). The van der Waals surface area contributed by atoms with Crippen LogP contribution in [0, 0.1) is 0 Å². The Hall–Kier alpha value is -3.37. The summed E-state index contributed by atoms with van der Waals surface area (Å²) in [4.78, 5) is 28.0. The van der Waals surface area contributed by atoms with Crippen LogP contribution in [0.2, 0.25) is 0 Å². The van der Waals surface area contributed by atoms with Crippen molar-refractivity contribution in [2.24, 2.45) is 0 Å². The van der Waals surface area contributed by atoms with Crippen molar-refractivity contribution < 1.29 is 22.7 Å². The molecule has 34 heavy (non-hydrogen) atoms. The van der Waals surface area contributed by atoms with Crippen molar-refractivity contribution >= 4 is 26.8 Å². The Morgan fingerprint density at radius 2 is 1.82 bits per heavy atom. The van der Waals surface area contributed by atoms with Crippen molar-refractivity contribution in [2.45, 2.75) is 30.3 Å². The average molecular weight is 484 g/mol. The van der Waals surface area contributed by atoms with E-state index in [1.54, 1.807) is 6.07 Å². The fourth-order valence-electron chi connectivity index (χ4n) is 4.30. The molecule has 2 aromatic carbocycles. The molecule has 0 aliphatic carbocycles. The number of H-pyrrole nitrogens is 1. The van der Waals surface area contributed by atoms with E-state index in [4.69, 9.17) is 9.47 Å². The number of nitrogens with one attached hydrogen (secondary N) is 2. The van der Waals surface area contributed by atoms with Gasteiger partial charge in [0.05, 0.1) is 17.0 Å². The molecule has 3 aromatic rings. The van der Waals surface area contributed by atoms with E-state index in [1.165, 1.54) is 28.6 Å². The highest BCUT2D eigenvalue weighted by Crippen LogP contribution is 2.31. The van der Waals surface area contributed by atoms with Crippen molar-refractivity contribution in [2.75, 3.05) is 26.2 Å². The van der Waals surface area contributed by atoms with Gasteiger partial charge in [-0.25, -0.2) is 8.42 Å². The SMILES string of the molecule is O=C(NCC1COc2ccccc2O1)c1cc(=O)[nH]c2ccc(S(=O)(=O)N3CCCCC3)cc12. The summed E-state index contributed by atoms with van der Waals surface area (Å²) in [5.74, 6) is 0.751. The van der Waals surface area contributed by atoms with Crippen LogP contribution in [0.3, 0.4) is 0 Å². The molecule has 2 N–H and O–H groups in total. The van der Waals surface area contributed by atoms with Crippen LogP contribution in [0.1, 0.15) is 29.6 Å². The first-order valence-corrected chi connectivity index (χ1v) is 12.7. The largest absolute Gasteiger partial charge is 0.486 e. The maximum Gasteiger partial charge on any atom is 0.252 e. The van der Waals surface area contributed by atoms with Crippen LogP contribution in [0.4, 0.5) is 0 Å². The van der Waals surface area contributed by atoms with E-state index < -0.39 is 27.6 Å². The van der Waals surface area contributed by atoms with Gasteiger partial charge in [-0.3, -0.25) is 9.59 Å². The van der Waals surface area contributed by atoms with E-state index in [1.807, 2.05) is 18.2 Å². The van der Waals surface area contributed by atoms with Gasteiger partial charge in [-0.15, -0.1) is 0 Å². The number of nitrogens with zero attached hydrogens (tertiary/aromatic N) is 1. The molecule has 1 atom stereocenters. The molecule has 2 aliphatic heterocycles. The zero-order valence-electron chi connectivity index (χ0n) is 18.5. The predicted octanol–water partition coefficient (Wildman–Crippen LogP) is 2.27. The Bertz CT molecular complexity index is 1400. The molecule has 0 radical (unpaired) electrons. The molecule has 1 amide bonds. The Balaban J connectivity index is 1.39. The molecule has 1 aromatic heterocycles. The number of carbonyl (C=O) groups is 1. The summed E-state index contributed by atoms with van der Waals surface area (Å²) in [6.45, 7) is 1.39. The third kappa shape index (κ3) is 4.38. The van der Waals surface area contributed by atoms with Gasteiger partial charge in [0.25, 0.3) is 5.91 Å². The summed E-state index contributed by atoms with van der Waals surface area (Å²) in [5, 5.41) is 3.15. The fraction of sp³-hybridized carbons (Fsp3) is 0.333. The predicted molar refractivity (Wildman–Crippen MR) is 126 cm³/mol. The molecule has 0 bridgehead atoms. The molecule has 3 heterocycles. The molecule has 0 saturated carbocycles. The molecule has 0 spiro atoms. The number of sulfonamides is 1. The first kappa shape index (κ1) is 22.4. The Labute approximate surface area is 196 Å². The van der Waals surface area contributed by atoms with E-state index in [0.29, 0.717) is 35.5 Å². The molecule has 1 saturated heterocycles. The number of piperidine rings is 1. The molecule has 1 unspecified atom stereocenters. The van der Waals surface area contributed by atoms with Crippen LogP contribution in [0.5, 0.6) is 11.5 Å². The third-order valence-electron chi connectivity index (χ3n) is 6.07. The van der Waals surface area contributed by atoms with Crippen molar-refractivity contribution in [1.29, 1.82) is 0 Å². The average Bonchev–Trinajstić information content (AvgIpc) is 2.86. The van der Waals surface area contributed by atoms with Gasteiger partial charge >= 0.3 is 0 Å². The lowest BCUT2D eigenvalue weighted by molar-refractivity contribution is 0.0790. The standard InChI is InChI=1S/C24H25N3O6S/c28-23-13-19(24(29)25-14-16-15-32-21-6-2-3-7-22(21)33-16)18-12-17(8-9-20(18)26-23)34(30,31)27-10-4-1-5-11-27/h2-3,6-9,12-13,16H,1,4-5,10-11,14-15H2,(H,25,29)(H,26,28). The molecule has 10 heteroatoms. The highest BCUT2D eigenvalue weighted by molar-refractivity contribution is 7.89. The minimum Gasteiger partial charge on any atom is -0.486 e. The monoisotopic (exact) mass is 483 g/mol. The number of rotatable bonds is 5. The summed E-state index contributed by atoms with van der Waals surface area (Å²) < 4.78 is 39.3. The fourth-order valence-corrected chi connectivity index (χ4v) is 5.84. The van der Waals surface area contributed by atoms with Crippen LogP contribution in [0.15, 0.2) is 58.2 Å². The number of benzene rings is 2. The molecule has 178 valence electrons.